The minimum absolute atomic E-state index is 0.159. The summed E-state index contributed by atoms with van der Waals surface area (Å²) in [5.74, 6) is 0.866. The van der Waals surface area contributed by atoms with Crippen LogP contribution in [0.3, 0.4) is 0 Å². The van der Waals surface area contributed by atoms with Crippen molar-refractivity contribution >= 4 is 5.91 Å². The van der Waals surface area contributed by atoms with Crippen molar-refractivity contribution < 1.29 is 9.90 Å². The summed E-state index contributed by atoms with van der Waals surface area (Å²) in [5, 5.41) is 12.4. The van der Waals surface area contributed by atoms with E-state index in [1.165, 1.54) is 12.8 Å². The Morgan fingerprint density at radius 2 is 2.12 bits per heavy atom. The Hall–Kier alpha value is -0.830. The van der Waals surface area contributed by atoms with Crippen molar-refractivity contribution in [2.45, 2.75) is 51.0 Å². The fourth-order valence-electron chi connectivity index (χ4n) is 2.99. The van der Waals surface area contributed by atoms with Crippen LogP contribution in [-0.4, -0.2) is 23.7 Å². The van der Waals surface area contributed by atoms with E-state index in [-0.39, 0.29) is 24.5 Å². The molecule has 1 saturated carbocycles. The topological polar surface area (TPSA) is 49.3 Å². The van der Waals surface area contributed by atoms with Crippen LogP contribution in [0.1, 0.15) is 44.9 Å². The van der Waals surface area contributed by atoms with Gasteiger partial charge in [-0.2, -0.15) is 0 Å². The van der Waals surface area contributed by atoms with Crippen LogP contribution in [-0.2, 0) is 4.79 Å². The van der Waals surface area contributed by atoms with Gasteiger partial charge in [-0.15, -0.1) is 0 Å². The summed E-state index contributed by atoms with van der Waals surface area (Å²) in [6, 6.07) is 0.201. The largest absolute Gasteiger partial charge is 0.396 e. The van der Waals surface area contributed by atoms with Crippen LogP contribution in [0.5, 0.6) is 0 Å². The number of carbonyl (C=O) groups is 1. The summed E-state index contributed by atoms with van der Waals surface area (Å²) in [5.41, 5.74) is 0. The zero-order valence-corrected chi connectivity index (χ0v) is 10.4. The number of amides is 1. The highest BCUT2D eigenvalue weighted by Gasteiger charge is 2.26. The average Bonchev–Trinajstić information content (AvgIpc) is 2.82. The molecule has 0 spiro atoms. The number of aliphatic hydroxyl groups is 1. The van der Waals surface area contributed by atoms with Crippen LogP contribution in [0.25, 0.3) is 0 Å². The number of carbonyl (C=O) groups excluding carboxylic acids is 1. The Kier molecular flexibility index (Phi) is 4.60. The highest BCUT2D eigenvalue weighted by molar-refractivity contribution is 5.76. The molecule has 3 heteroatoms. The van der Waals surface area contributed by atoms with E-state index in [9.17, 15) is 9.90 Å². The van der Waals surface area contributed by atoms with Crippen LogP contribution >= 0.6 is 0 Å². The molecule has 0 radical (unpaired) electrons. The Morgan fingerprint density at radius 3 is 2.82 bits per heavy atom. The maximum atomic E-state index is 11.9. The van der Waals surface area contributed by atoms with E-state index in [1.807, 2.05) is 0 Å². The van der Waals surface area contributed by atoms with Gasteiger partial charge in [-0.3, -0.25) is 4.79 Å². The van der Waals surface area contributed by atoms with E-state index in [2.05, 4.69) is 17.5 Å². The Morgan fingerprint density at radius 1 is 1.29 bits per heavy atom. The summed E-state index contributed by atoms with van der Waals surface area (Å²) in [6.45, 7) is 0.203. The van der Waals surface area contributed by atoms with Crippen molar-refractivity contribution in [3.8, 4) is 0 Å². The monoisotopic (exact) mass is 237 g/mol. The molecule has 0 aromatic carbocycles. The SMILES string of the molecule is O=C(CC1C=CCC1)NC1CCCCC1CO. The maximum absolute atomic E-state index is 11.9. The molecule has 0 bridgehead atoms. The van der Waals surface area contributed by atoms with Gasteiger partial charge >= 0.3 is 0 Å². The normalized spacial score (nSPS) is 32.6. The van der Waals surface area contributed by atoms with Gasteiger partial charge in [0, 0.05) is 25.0 Å². The van der Waals surface area contributed by atoms with Crippen molar-refractivity contribution in [2.24, 2.45) is 11.8 Å². The van der Waals surface area contributed by atoms with Crippen molar-refractivity contribution in [3.05, 3.63) is 12.2 Å². The molecule has 3 unspecified atom stereocenters. The molecule has 2 aliphatic carbocycles. The lowest BCUT2D eigenvalue weighted by atomic mass is 9.85. The van der Waals surface area contributed by atoms with Gasteiger partial charge < -0.3 is 10.4 Å². The first-order chi connectivity index (χ1) is 8.29. The molecule has 1 amide bonds. The van der Waals surface area contributed by atoms with Crippen molar-refractivity contribution in [3.63, 3.8) is 0 Å². The molecule has 2 N–H and O–H groups in total. The van der Waals surface area contributed by atoms with Crippen LogP contribution in [0.4, 0.5) is 0 Å². The summed E-state index contributed by atoms with van der Waals surface area (Å²) in [6.07, 6.45) is 11.6. The molecule has 0 saturated heterocycles. The molecule has 17 heavy (non-hydrogen) atoms. The van der Waals surface area contributed by atoms with E-state index in [4.69, 9.17) is 0 Å². The molecule has 96 valence electrons. The number of nitrogens with one attached hydrogen (secondary N) is 1. The first-order valence-electron chi connectivity index (χ1n) is 6.86. The van der Waals surface area contributed by atoms with Gasteiger partial charge in [0.25, 0.3) is 0 Å². The maximum Gasteiger partial charge on any atom is 0.220 e. The van der Waals surface area contributed by atoms with Crippen molar-refractivity contribution in [1.29, 1.82) is 0 Å². The van der Waals surface area contributed by atoms with Gasteiger partial charge in [-0.1, -0.05) is 25.0 Å². The summed E-state index contributed by atoms with van der Waals surface area (Å²) < 4.78 is 0. The lowest BCUT2D eigenvalue weighted by molar-refractivity contribution is -0.123. The van der Waals surface area contributed by atoms with Gasteiger partial charge in [0.15, 0.2) is 0 Å². The van der Waals surface area contributed by atoms with Gasteiger partial charge in [-0.25, -0.2) is 0 Å². The van der Waals surface area contributed by atoms with Crippen molar-refractivity contribution in [1.82, 2.24) is 5.32 Å². The third-order valence-electron chi connectivity index (χ3n) is 4.05. The zero-order chi connectivity index (χ0) is 12.1. The second-order valence-electron chi connectivity index (χ2n) is 5.37. The fraction of sp³-hybridized carbons (Fsp3) is 0.786. The molecular weight excluding hydrogens is 214 g/mol. The quantitative estimate of drug-likeness (QED) is 0.735. The van der Waals surface area contributed by atoms with E-state index in [1.54, 1.807) is 0 Å². The average molecular weight is 237 g/mol. The highest BCUT2D eigenvalue weighted by Crippen LogP contribution is 2.25. The first kappa shape index (κ1) is 12.6. The van der Waals surface area contributed by atoms with E-state index in [0.29, 0.717) is 12.3 Å². The van der Waals surface area contributed by atoms with Crippen LogP contribution in [0.15, 0.2) is 12.2 Å². The van der Waals surface area contributed by atoms with E-state index >= 15 is 0 Å². The molecule has 0 aromatic heterocycles. The molecule has 3 nitrogen and oxygen atoms in total. The lowest BCUT2D eigenvalue weighted by Gasteiger charge is -2.31. The van der Waals surface area contributed by atoms with E-state index in [0.717, 1.165) is 25.7 Å². The molecular formula is C14H23NO2. The third kappa shape index (κ3) is 3.56. The van der Waals surface area contributed by atoms with Gasteiger partial charge in [0.1, 0.15) is 0 Å². The summed E-state index contributed by atoms with van der Waals surface area (Å²) >= 11 is 0. The number of aliphatic hydroxyl groups excluding tert-OH is 1. The second-order valence-corrected chi connectivity index (χ2v) is 5.37. The number of allylic oxidation sites excluding steroid dienone is 2. The Balaban J connectivity index is 1.78. The molecule has 3 atom stereocenters. The van der Waals surface area contributed by atoms with Crippen LogP contribution in [0, 0.1) is 11.8 Å². The van der Waals surface area contributed by atoms with E-state index < -0.39 is 0 Å². The number of hydrogen-bond acceptors (Lipinski definition) is 2. The lowest BCUT2D eigenvalue weighted by Crippen LogP contribution is -2.43. The Bertz CT molecular complexity index is 288. The smallest absolute Gasteiger partial charge is 0.220 e. The molecule has 2 rings (SSSR count). The molecule has 0 aliphatic heterocycles. The molecule has 2 aliphatic rings. The minimum atomic E-state index is 0.159. The Labute approximate surface area is 103 Å². The third-order valence-corrected chi connectivity index (χ3v) is 4.05. The van der Waals surface area contributed by atoms with Gasteiger partial charge in [0.2, 0.25) is 5.91 Å². The number of rotatable bonds is 4. The molecule has 1 fully saturated rings. The van der Waals surface area contributed by atoms with Gasteiger partial charge in [0.05, 0.1) is 0 Å². The zero-order valence-electron chi connectivity index (χ0n) is 10.4. The minimum Gasteiger partial charge on any atom is -0.396 e. The second kappa shape index (κ2) is 6.20. The highest BCUT2D eigenvalue weighted by atomic mass is 16.3. The molecule has 0 heterocycles. The van der Waals surface area contributed by atoms with Gasteiger partial charge in [-0.05, 0) is 31.6 Å². The first-order valence-corrected chi connectivity index (χ1v) is 6.86. The fourth-order valence-corrected chi connectivity index (χ4v) is 2.99. The molecule has 0 aromatic rings. The summed E-state index contributed by atoms with van der Waals surface area (Å²) in [4.78, 5) is 11.9. The van der Waals surface area contributed by atoms with Crippen LogP contribution < -0.4 is 5.32 Å². The predicted molar refractivity (Wildman–Crippen MR) is 67.5 cm³/mol. The predicted octanol–water partition coefficient (Wildman–Crippen LogP) is 2.01. The standard InChI is InChI=1S/C14H23NO2/c16-10-12-7-3-4-8-13(12)15-14(17)9-11-5-1-2-6-11/h1,5,11-13,16H,2-4,6-10H2,(H,15,17). The number of hydrogen-bond donors (Lipinski definition) is 2. The van der Waals surface area contributed by atoms with Crippen LogP contribution in [0.2, 0.25) is 0 Å². The van der Waals surface area contributed by atoms with Crippen molar-refractivity contribution in [2.75, 3.05) is 6.61 Å². The summed E-state index contributed by atoms with van der Waals surface area (Å²) in [7, 11) is 0.